The third kappa shape index (κ3) is 5.91. The Hall–Kier alpha value is -2.87. The van der Waals surface area contributed by atoms with E-state index in [1.54, 1.807) is 0 Å². The van der Waals surface area contributed by atoms with Crippen LogP contribution in [0.15, 0.2) is 40.1 Å². The first-order chi connectivity index (χ1) is 16.8. The van der Waals surface area contributed by atoms with Gasteiger partial charge in [-0.2, -0.15) is 0 Å². The molecule has 0 aromatic heterocycles. The van der Waals surface area contributed by atoms with Crippen LogP contribution in [0.5, 0.6) is 5.75 Å². The molecule has 0 N–H and O–H groups in total. The van der Waals surface area contributed by atoms with Gasteiger partial charge in [0.25, 0.3) is 5.91 Å². The number of benzene rings is 2. The van der Waals surface area contributed by atoms with E-state index < -0.39 is 61.6 Å². The normalized spacial score (nSPS) is 14.9. The lowest BCUT2D eigenvalue weighted by molar-refractivity contribution is 0.0732. The van der Waals surface area contributed by atoms with Crippen molar-refractivity contribution in [2.45, 2.75) is 15.9 Å². The highest BCUT2D eigenvalue weighted by Crippen LogP contribution is 2.29. The van der Waals surface area contributed by atoms with Crippen LogP contribution in [0.25, 0.3) is 0 Å². The van der Waals surface area contributed by atoms with Crippen LogP contribution in [0, 0.1) is 11.6 Å². The fourth-order valence-corrected chi connectivity index (χ4v) is 5.04. The second kappa shape index (κ2) is 10.6. The lowest BCUT2D eigenvalue weighted by atomic mass is 10.1. The molecule has 1 aliphatic rings. The molecule has 1 saturated heterocycles. The molecule has 1 amide bonds. The molecule has 1 heterocycles. The Kier molecular flexibility index (Phi) is 8.18. The number of carbonyl (C=O) groups is 1. The van der Waals surface area contributed by atoms with E-state index in [0.29, 0.717) is 0 Å². The summed E-state index contributed by atoms with van der Waals surface area (Å²) in [5.74, 6) is -3.70. The second-order valence-corrected chi connectivity index (χ2v) is 12.2. The summed E-state index contributed by atoms with van der Waals surface area (Å²) in [6, 6.07) is 5.48. The molecule has 1 fully saturated rings. The Labute approximate surface area is 206 Å². The topological polar surface area (TPSA) is 101 Å². The number of hydrogen-bond donors (Lipinski definition) is 0. The van der Waals surface area contributed by atoms with Gasteiger partial charge < -0.3 is 14.5 Å². The predicted molar refractivity (Wildman–Crippen MR) is 124 cm³/mol. The maximum Gasteiger partial charge on any atom is 0.257 e. The number of ether oxygens (including phenoxy) is 1. The van der Waals surface area contributed by atoms with E-state index in [2.05, 4.69) is 0 Å². The lowest BCUT2D eigenvalue weighted by Crippen LogP contribution is -2.49. The van der Waals surface area contributed by atoms with Crippen LogP contribution in [0.1, 0.15) is 10.4 Å². The number of halogens is 4. The van der Waals surface area contributed by atoms with Gasteiger partial charge in [-0.05, 0) is 30.3 Å². The van der Waals surface area contributed by atoms with Gasteiger partial charge in [0, 0.05) is 38.7 Å². The van der Waals surface area contributed by atoms with Crippen molar-refractivity contribution in [3.63, 3.8) is 0 Å². The maximum atomic E-state index is 14.6. The Morgan fingerprint density at radius 3 is 2.06 bits per heavy atom. The van der Waals surface area contributed by atoms with E-state index in [4.69, 9.17) is 4.74 Å². The van der Waals surface area contributed by atoms with Crippen LogP contribution in [0.4, 0.5) is 23.2 Å². The molecule has 198 valence electrons. The van der Waals surface area contributed by atoms with Crippen LogP contribution in [-0.2, 0) is 19.7 Å². The van der Waals surface area contributed by atoms with Gasteiger partial charge in [-0.25, -0.2) is 34.4 Å². The lowest BCUT2D eigenvalue weighted by Gasteiger charge is -2.36. The summed E-state index contributed by atoms with van der Waals surface area (Å²) in [7, 11) is -7.69. The first-order valence-corrected chi connectivity index (χ1v) is 14.4. The molecule has 36 heavy (non-hydrogen) atoms. The highest BCUT2D eigenvalue weighted by molar-refractivity contribution is 7.91. The first kappa shape index (κ1) is 27.7. The van der Waals surface area contributed by atoms with Crippen LogP contribution in [0.2, 0.25) is 0 Å². The molecule has 8 nitrogen and oxygen atoms in total. The Bertz CT molecular complexity index is 1360. The van der Waals surface area contributed by atoms with Gasteiger partial charge in [-0.1, -0.05) is 0 Å². The van der Waals surface area contributed by atoms with Crippen molar-refractivity contribution < 1.29 is 43.9 Å². The largest absolute Gasteiger partial charge is 0.484 e. The quantitative estimate of drug-likeness (QED) is 0.464. The SMILES string of the molecule is CS(=O)(=O)c1ccc(OC(CF)CF)c(C(=O)N2CCN(c3ccc(S(C)(=O)=O)c(F)c3F)CC2)c1. The molecule has 2 aromatic rings. The molecule has 0 bridgehead atoms. The van der Waals surface area contributed by atoms with Crippen LogP contribution in [-0.4, -0.2) is 85.8 Å². The van der Waals surface area contributed by atoms with Gasteiger partial charge in [0.2, 0.25) is 0 Å². The molecular weight excluding hydrogens is 528 g/mol. The number of nitrogens with zero attached hydrogens (tertiary/aromatic N) is 2. The monoisotopic (exact) mass is 552 g/mol. The summed E-state index contributed by atoms with van der Waals surface area (Å²) >= 11 is 0. The van der Waals surface area contributed by atoms with Crippen molar-refractivity contribution in [3.8, 4) is 5.75 Å². The van der Waals surface area contributed by atoms with E-state index in [1.807, 2.05) is 0 Å². The highest BCUT2D eigenvalue weighted by Gasteiger charge is 2.29. The maximum absolute atomic E-state index is 14.6. The summed E-state index contributed by atoms with van der Waals surface area (Å²) in [5, 5.41) is 0. The van der Waals surface area contributed by atoms with Crippen LogP contribution in [0.3, 0.4) is 0 Å². The van der Waals surface area contributed by atoms with Gasteiger partial charge >= 0.3 is 0 Å². The third-order valence-corrected chi connectivity index (χ3v) is 7.81. The molecule has 0 radical (unpaired) electrons. The van der Waals surface area contributed by atoms with Crippen molar-refractivity contribution in [1.82, 2.24) is 4.90 Å². The zero-order valence-corrected chi connectivity index (χ0v) is 21.0. The summed E-state index contributed by atoms with van der Waals surface area (Å²) < 4.78 is 107. The van der Waals surface area contributed by atoms with Gasteiger partial charge in [0.05, 0.1) is 16.1 Å². The Balaban J connectivity index is 1.85. The third-order valence-electron chi connectivity index (χ3n) is 5.58. The van der Waals surface area contributed by atoms with Crippen molar-refractivity contribution in [2.75, 3.05) is 56.9 Å². The van der Waals surface area contributed by atoms with Gasteiger partial charge in [0.15, 0.2) is 37.4 Å². The zero-order valence-electron chi connectivity index (χ0n) is 19.4. The van der Waals surface area contributed by atoms with E-state index in [9.17, 15) is 39.2 Å². The van der Waals surface area contributed by atoms with Crippen molar-refractivity contribution in [3.05, 3.63) is 47.5 Å². The summed E-state index contributed by atoms with van der Waals surface area (Å²) in [4.78, 5) is 15.0. The summed E-state index contributed by atoms with van der Waals surface area (Å²) in [6.45, 7) is -2.24. The minimum absolute atomic E-state index is 0.00587. The zero-order chi connectivity index (χ0) is 26.8. The van der Waals surface area contributed by atoms with E-state index in [-0.39, 0.29) is 48.1 Å². The summed E-state index contributed by atoms with van der Waals surface area (Å²) in [5.41, 5.74) is -0.392. The number of carbonyl (C=O) groups excluding carboxylic acids is 1. The van der Waals surface area contributed by atoms with Gasteiger partial charge in [-0.15, -0.1) is 0 Å². The molecule has 2 aromatic carbocycles. The number of alkyl halides is 2. The van der Waals surface area contributed by atoms with E-state index in [1.165, 1.54) is 9.80 Å². The first-order valence-electron chi connectivity index (χ1n) is 10.6. The van der Waals surface area contributed by atoms with Gasteiger partial charge in [-0.3, -0.25) is 4.79 Å². The average molecular weight is 553 g/mol. The predicted octanol–water partition coefficient (Wildman–Crippen LogP) is 2.42. The number of piperazine rings is 1. The fraction of sp³-hybridized carbons (Fsp3) is 0.409. The number of rotatable bonds is 8. The van der Waals surface area contributed by atoms with Crippen LogP contribution >= 0.6 is 0 Å². The van der Waals surface area contributed by atoms with Crippen molar-refractivity contribution in [1.29, 1.82) is 0 Å². The Morgan fingerprint density at radius 1 is 0.917 bits per heavy atom. The molecule has 14 heteroatoms. The number of amides is 1. The number of sulfone groups is 2. The summed E-state index contributed by atoms with van der Waals surface area (Å²) in [6.07, 6.45) is 0.213. The number of hydrogen-bond acceptors (Lipinski definition) is 7. The standard InChI is InChI=1S/C22H24F4N2O6S2/c1-35(30,31)15-3-5-18(34-14(12-23)13-24)16(11-15)22(29)28-9-7-27(8-10-28)17-4-6-19(36(2,32)33)21(26)20(17)25/h3-6,11,14H,7-10,12-13H2,1-2H3. The minimum Gasteiger partial charge on any atom is -0.484 e. The molecule has 0 unspecified atom stereocenters. The molecule has 0 saturated carbocycles. The molecule has 3 rings (SSSR count). The highest BCUT2D eigenvalue weighted by atomic mass is 32.2. The van der Waals surface area contributed by atoms with Gasteiger partial charge in [0.1, 0.15) is 24.0 Å². The molecular formula is C22H24F4N2O6S2. The minimum atomic E-state index is -3.97. The van der Waals surface area contributed by atoms with Crippen LogP contribution < -0.4 is 9.64 Å². The average Bonchev–Trinajstić information content (AvgIpc) is 2.82. The van der Waals surface area contributed by atoms with Crippen molar-refractivity contribution >= 4 is 31.3 Å². The second-order valence-electron chi connectivity index (χ2n) is 8.24. The smallest absolute Gasteiger partial charge is 0.257 e. The molecule has 0 atom stereocenters. The molecule has 1 aliphatic heterocycles. The van der Waals surface area contributed by atoms with E-state index >= 15 is 0 Å². The molecule has 0 spiro atoms. The Morgan fingerprint density at radius 2 is 1.53 bits per heavy atom. The molecule has 0 aliphatic carbocycles. The number of anilines is 1. The van der Waals surface area contributed by atoms with Crippen molar-refractivity contribution in [2.24, 2.45) is 0 Å². The fourth-order valence-electron chi connectivity index (χ4n) is 3.67. The van der Waals surface area contributed by atoms with E-state index in [0.717, 1.165) is 42.8 Å².